The molecule has 0 aliphatic rings. The first-order chi connectivity index (χ1) is 8.92. The van der Waals surface area contributed by atoms with Crippen molar-refractivity contribution in [2.75, 3.05) is 0 Å². The third-order valence-electron chi connectivity index (χ3n) is 2.86. The van der Waals surface area contributed by atoms with Crippen LogP contribution in [0.5, 0.6) is 0 Å². The fourth-order valence-corrected chi connectivity index (χ4v) is 1.91. The molecule has 8 N–H and O–H groups in total. The first-order valence-electron chi connectivity index (χ1n) is 5.37. The number of nitrogens with two attached hydrogens (primary N) is 2. The molecule has 0 radical (unpaired) electrons. The monoisotopic (exact) mass is 331 g/mol. The number of aliphatic carboxylic acids is 4. The Bertz CT molecular complexity index is 367. The second-order valence-corrected chi connectivity index (χ2v) is 4.59. The molecule has 114 valence electrons. The number of carbonyl (C=O) groups is 4. The van der Waals surface area contributed by atoms with Crippen LogP contribution in [0.15, 0.2) is 0 Å². The van der Waals surface area contributed by atoms with Crippen LogP contribution in [-0.4, -0.2) is 55.4 Å². The van der Waals surface area contributed by atoms with E-state index in [0.29, 0.717) is 0 Å². The summed E-state index contributed by atoms with van der Waals surface area (Å²) in [4.78, 5) is 43.2. The first-order valence-corrected chi connectivity index (χ1v) is 5.37. The third kappa shape index (κ3) is 7.31. The molecular formula is C10H16KN2O8+. The Kier molecular flexibility index (Phi) is 9.49. The summed E-state index contributed by atoms with van der Waals surface area (Å²) in [5.74, 6) is -6.06. The fraction of sp³-hybridized carbons (Fsp3) is 0.600. The van der Waals surface area contributed by atoms with Gasteiger partial charge in [-0.3, -0.25) is 19.2 Å². The minimum absolute atomic E-state index is 0. The minimum atomic E-state index is -2.22. The van der Waals surface area contributed by atoms with Gasteiger partial charge in [0, 0.05) is 0 Å². The number of carboxylic acids is 4. The Morgan fingerprint density at radius 3 is 0.857 bits per heavy atom. The van der Waals surface area contributed by atoms with E-state index in [9.17, 15) is 19.2 Å². The topological polar surface area (TPSA) is 201 Å². The van der Waals surface area contributed by atoms with Crippen molar-refractivity contribution in [3.63, 3.8) is 0 Å². The number of rotatable bonds is 9. The van der Waals surface area contributed by atoms with Crippen LogP contribution in [0.2, 0.25) is 0 Å². The summed E-state index contributed by atoms with van der Waals surface area (Å²) >= 11 is 0. The Labute approximate surface area is 161 Å². The molecule has 0 aromatic carbocycles. The molecule has 0 spiro atoms. The van der Waals surface area contributed by atoms with Crippen molar-refractivity contribution in [1.29, 1.82) is 0 Å². The predicted molar refractivity (Wildman–Crippen MR) is 62.8 cm³/mol. The molecule has 0 aromatic rings. The molecule has 11 heteroatoms. The Morgan fingerprint density at radius 1 is 0.619 bits per heavy atom. The van der Waals surface area contributed by atoms with Crippen LogP contribution >= 0.6 is 0 Å². The standard InChI is InChI=1S/C10H16N2O8.K/c11-9(1-5(13)14,2-6(15)16)10(12,3-7(17)18)4-8(19)20;/h1-4,11-12H2,(H,13,14)(H,15,16)(H,17,18)(H,19,20);/q;+1. The van der Waals surface area contributed by atoms with Crippen LogP contribution in [-0.2, 0) is 19.2 Å². The van der Waals surface area contributed by atoms with E-state index in [-0.39, 0.29) is 51.4 Å². The smallest absolute Gasteiger partial charge is 0.481 e. The van der Waals surface area contributed by atoms with E-state index in [1.165, 1.54) is 0 Å². The maximum Gasteiger partial charge on any atom is 1.00 e. The number of carboxylic acid groups (broad SMARTS) is 4. The van der Waals surface area contributed by atoms with Gasteiger partial charge in [-0.05, 0) is 0 Å². The number of hydrogen-bond acceptors (Lipinski definition) is 6. The summed E-state index contributed by atoms with van der Waals surface area (Å²) in [6, 6.07) is 0. The SMILES string of the molecule is NC(CC(=O)O)(CC(=O)O)C(N)(CC(=O)O)CC(=O)O.[K+]. The molecule has 0 heterocycles. The molecule has 0 amide bonds. The van der Waals surface area contributed by atoms with Gasteiger partial charge in [-0.25, -0.2) is 0 Å². The zero-order valence-corrected chi connectivity index (χ0v) is 14.5. The molecule has 0 bridgehead atoms. The summed E-state index contributed by atoms with van der Waals surface area (Å²) in [6.07, 6.45) is -3.90. The second kappa shape index (κ2) is 8.78. The molecule has 0 saturated carbocycles. The third-order valence-corrected chi connectivity index (χ3v) is 2.86. The van der Waals surface area contributed by atoms with Crippen LogP contribution in [0.25, 0.3) is 0 Å². The van der Waals surface area contributed by atoms with Crippen LogP contribution in [0.3, 0.4) is 0 Å². The maximum absolute atomic E-state index is 10.8. The van der Waals surface area contributed by atoms with E-state index in [4.69, 9.17) is 31.9 Å². The molecule has 0 saturated heterocycles. The molecule has 0 aliphatic carbocycles. The van der Waals surface area contributed by atoms with Crippen molar-refractivity contribution < 1.29 is 91.0 Å². The van der Waals surface area contributed by atoms with E-state index in [2.05, 4.69) is 0 Å². The van der Waals surface area contributed by atoms with Gasteiger partial charge in [-0.2, -0.15) is 0 Å². The van der Waals surface area contributed by atoms with E-state index < -0.39 is 60.6 Å². The zero-order chi connectivity index (χ0) is 16.1. The first kappa shape index (κ1) is 22.7. The van der Waals surface area contributed by atoms with Gasteiger partial charge in [0.2, 0.25) is 0 Å². The second-order valence-electron chi connectivity index (χ2n) is 4.59. The molecular weight excluding hydrogens is 315 g/mol. The maximum atomic E-state index is 10.8. The van der Waals surface area contributed by atoms with Gasteiger partial charge >= 0.3 is 75.3 Å². The Morgan fingerprint density at radius 2 is 0.762 bits per heavy atom. The van der Waals surface area contributed by atoms with Crippen LogP contribution in [0.1, 0.15) is 25.7 Å². The van der Waals surface area contributed by atoms with Crippen molar-refractivity contribution in [1.82, 2.24) is 0 Å². The molecule has 0 rings (SSSR count). The van der Waals surface area contributed by atoms with Gasteiger partial charge < -0.3 is 31.9 Å². The molecule has 0 atom stereocenters. The van der Waals surface area contributed by atoms with Crippen molar-refractivity contribution >= 4 is 23.9 Å². The molecule has 0 fully saturated rings. The average molecular weight is 331 g/mol. The van der Waals surface area contributed by atoms with E-state index in [0.717, 1.165) is 0 Å². The Balaban J connectivity index is 0. The molecule has 0 unspecified atom stereocenters. The van der Waals surface area contributed by atoms with Gasteiger partial charge in [-0.15, -0.1) is 0 Å². The minimum Gasteiger partial charge on any atom is -0.481 e. The predicted octanol–water partition coefficient (Wildman–Crippen LogP) is -4.72. The van der Waals surface area contributed by atoms with Crippen molar-refractivity contribution in [2.24, 2.45) is 11.5 Å². The van der Waals surface area contributed by atoms with Gasteiger partial charge in [-0.1, -0.05) is 0 Å². The summed E-state index contributed by atoms with van der Waals surface area (Å²) in [5.41, 5.74) is 6.88. The summed E-state index contributed by atoms with van der Waals surface area (Å²) in [6.45, 7) is 0. The molecule has 0 aliphatic heterocycles. The normalized spacial score (nSPS) is 11.3. The quantitative estimate of drug-likeness (QED) is 0.223. The van der Waals surface area contributed by atoms with Gasteiger partial charge in [0.25, 0.3) is 0 Å². The zero-order valence-electron chi connectivity index (χ0n) is 11.4. The molecule has 0 aromatic heterocycles. The van der Waals surface area contributed by atoms with Crippen molar-refractivity contribution in [3.05, 3.63) is 0 Å². The fourth-order valence-electron chi connectivity index (χ4n) is 1.91. The van der Waals surface area contributed by atoms with Crippen molar-refractivity contribution in [2.45, 2.75) is 36.8 Å². The largest absolute Gasteiger partial charge is 1.00 e. The van der Waals surface area contributed by atoms with Gasteiger partial charge in [0.1, 0.15) is 0 Å². The molecule has 10 nitrogen and oxygen atoms in total. The van der Waals surface area contributed by atoms with Gasteiger partial charge in [0.05, 0.1) is 36.8 Å². The Hall–Kier alpha value is -0.564. The van der Waals surface area contributed by atoms with Crippen molar-refractivity contribution in [3.8, 4) is 0 Å². The van der Waals surface area contributed by atoms with Crippen LogP contribution in [0, 0.1) is 0 Å². The average Bonchev–Trinajstić information content (AvgIpc) is 2.10. The summed E-state index contributed by atoms with van der Waals surface area (Å²) in [7, 11) is 0. The summed E-state index contributed by atoms with van der Waals surface area (Å²) in [5, 5.41) is 35.1. The van der Waals surface area contributed by atoms with E-state index in [1.54, 1.807) is 0 Å². The van der Waals surface area contributed by atoms with E-state index >= 15 is 0 Å². The number of hydrogen-bond donors (Lipinski definition) is 6. The van der Waals surface area contributed by atoms with Gasteiger partial charge in [0.15, 0.2) is 0 Å². The van der Waals surface area contributed by atoms with Crippen LogP contribution < -0.4 is 62.9 Å². The van der Waals surface area contributed by atoms with Crippen LogP contribution in [0.4, 0.5) is 0 Å². The van der Waals surface area contributed by atoms with E-state index in [1.807, 2.05) is 0 Å². The summed E-state index contributed by atoms with van der Waals surface area (Å²) < 4.78 is 0. The molecule has 21 heavy (non-hydrogen) atoms.